The van der Waals surface area contributed by atoms with E-state index < -0.39 is 0 Å². The number of anilines is 1. The standard InChI is InChI=1S/C14H16N2O2/c1-10-3-4-13-12(9-10)11(5-6-15)14(17)16(13)7-8-18-2/h3-4,9,11H,5,7-8H2,1-2H3/t11-/m1/s1. The first kappa shape index (κ1) is 12.6. The molecule has 0 saturated carbocycles. The molecule has 1 aliphatic heterocycles. The highest BCUT2D eigenvalue weighted by molar-refractivity contribution is 6.05. The number of rotatable bonds is 4. The maximum atomic E-state index is 12.3. The summed E-state index contributed by atoms with van der Waals surface area (Å²) in [6, 6.07) is 8.04. The van der Waals surface area contributed by atoms with E-state index in [-0.39, 0.29) is 18.2 Å². The Balaban J connectivity index is 2.37. The van der Waals surface area contributed by atoms with Gasteiger partial charge >= 0.3 is 0 Å². The summed E-state index contributed by atoms with van der Waals surface area (Å²) < 4.78 is 5.03. The number of methoxy groups -OCH3 is 1. The minimum atomic E-state index is -0.318. The van der Waals surface area contributed by atoms with Crippen molar-refractivity contribution in [3.05, 3.63) is 29.3 Å². The normalized spacial score (nSPS) is 17.7. The molecule has 0 N–H and O–H groups in total. The van der Waals surface area contributed by atoms with Gasteiger partial charge in [-0.3, -0.25) is 4.79 Å². The van der Waals surface area contributed by atoms with Crippen molar-refractivity contribution in [1.82, 2.24) is 0 Å². The topological polar surface area (TPSA) is 53.3 Å². The summed E-state index contributed by atoms with van der Waals surface area (Å²) >= 11 is 0. The largest absolute Gasteiger partial charge is 0.383 e. The van der Waals surface area contributed by atoms with Crippen LogP contribution in [0.5, 0.6) is 0 Å². The number of aryl methyl sites for hydroxylation is 1. The fraction of sp³-hybridized carbons (Fsp3) is 0.429. The number of hydrogen-bond donors (Lipinski definition) is 0. The molecule has 4 nitrogen and oxygen atoms in total. The summed E-state index contributed by atoms with van der Waals surface area (Å²) in [5, 5.41) is 8.86. The fourth-order valence-electron chi connectivity index (χ4n) is 2.34. The first-order chi connectivity index (χ1) is 8.69. The summed E-state index contributed by atoms with van der Waals surface area (Å²) in [6.45, 7) is 3.03. The number of hydrogen-bond acceptors (Lipinski definition) is 3. The van der Waals surface area contributed by atoms with E-state index >= 15 is 0 Å². The zero-order chi connectivity index (χ0) is 13.1. The van der Waals surface area contributed by atoms with Gasteiger partial charge in [0.25, 0.3) is 0 Å². The highest BCUT2D eigenvalue weighted by Crippen LogP contribution is 2.39. The number of nitriles is 1. The second-order valence-corrected chi connectivity index (χ2v) is 4.46. The van der Waals surface area contributed by atoms with Crippen LogP contribution in [0.4, 0.5) is 5.69 Å². The monoisotopic (exact) mass is 244 g/mol. The Labute approximate surface area is 107 Å². The summed E-state index contributed by atoms with van der Waals surface area (Å²) in [7, 11) is 1.61. The van der Waals surface area contributed by atoms with E-state index in [0.717, 1.165) is 16.8 Å². The number of carbonyl (C=O) groups excluding carboxylic acids is 1. The van der Waals surface area contributed by atoms with Gasteiger partial charge in [-0.1, -0.05) is 17.7 Å². The maximum absolute atomic E-state index is 12.3. The minimum Gasteiger partial charge on any atom is -0.383 e. The van der Waals surface area contributed by atoms with Gasteiger partial charge in [-0.15, -0.1) is 0 Å². The SMILES string of the molecule is COCCN1C(=O)[C@H](CC#N)c2cc(C)ccc21. The van der Waals surface area contributed by atoms with Gasteiger partial charge in [0.15, 0.2) is 0 Å². The molecule has 1 aromatic carbocycles. The van der Waals surface area contributed by atoms with Crippen LogP contribution < -0.4 is 4.90 Å². The van der Waals surface area contributed by atoms with Crippen LogP contribution in [0.15, 0.2) is 18.2 Å². The van der Waals surface area contributed by atoms with Crippen LogP contribution in [0, 0.1) is 18.3 Å². The van der Waals surface area contributed by atoms with Crippen LogP contribution in [0.1, 0.15) is 23.5 Å². The molecule has 0 radical (unpaired) electrons. The molecule has 0 fully saturated rings. The molecule has 2 rings (SSSR count). The van der Waals surface area contributed by atoms with Crippen molar-refractivity contribution in [1.29, 1.82) is 5.26 Å². The Bertz CT molecular complexity index is 505. The van der Waals surface area contributed by atoms with Crippen molar-refractivity contribution in [2.24, 2.45) is 0 Å². The molecule has 1 amide bonds. The van der Waals surface area contributed by atoms with E-state index in [2.05, 4.69) is 6.07 Å². The number of ether oxygens (including phenoxy) is 1. The first-order valence-corrected chi connectivity index (χ1v) is 5.97. The Hall–Kier alpha value is -1.86. The van der Waals surface area contributed by atoms with Crippen molar-refractivity contribution >= 4 is 11.6 Å². The number of fused-ring (bicyclic) bond motifs is 1. The highest BCUT2D eigenvalue weighted by Gasteiger charge is 2.36. The summed E-state index contributed by atoms with van der Waals surface area (Å²) in [5.74, 6) is -0.309. The summed E-state index contributed by atoms with van der Waals surface area (Å²) in [6.07, 6.45) is 0.235. The fourth-order valence-corrected chi connectivity index (χ4v) is 2.34. The van der Waals surface area contributed by atoms with Crippen LogP contribution >= 0.6 is 0 Å². The predicted octanol–water partition coefficient (Wildman–Crippen LogP) is 1.99. The third-order valence-electron chi connectivity index (χ3n) is 3.23. The molecule has 0 aromatic heterocycles. The van der Waals surface area contributed by atoms with E-state index in [1.807, 2.05) is 25.1 Å². The second-order valence-electron chi connectivity index (χ2n) is 4.46. The lowest BCUT2D eigenvalue weighted by atomic mass is 9.96. The molecule has 18 heavy (non-hydrogen) atoms. The number of benzene rings is 1. The van der Waals surface area contributed by atoms with Gasteiger partial charge in [0.05, 0.1) is 25.0 Å². The summed E-state index contributed by atoms with van der Waals surface area (Å²) in [4.78, 5) is 14.0. The van der Waals surface area contributed by atoms with E-state index in [9.17, 15) is 4.79 Å². The average molecular weight is 244 g/mol. The molecule has 1 atom stereocenters. The van der Waals surface area contributed by atoms with Gasteiger partial charge in [0.2, 0.25) is 5.91 Å². The molecule has 0 aliphatic carbocycles. The van der Waals surface area contributed by atoms with Crippen molar-refractivity contribution < 1.29 is 9.53 Å². The third-order valence-corrected chi connectivity index (χ3v) is 3.23. The van der Waals surface area contributed by atoms with Crippen molar-refractivity contribution in [3.8, 4) is 6.07 Å². The van der Waals surface area contributed by atoms with Crippen LogP contribution in [-0.4, -0.2) is 26.2 Å². The van der Waals surface area contributed by atoms with Gasteiger partial charge < -0.3 is 9.64 Å². The molecule has 4 heteroatoms. The van der Waals surface area contributed by atoms with Gasteiger partial charge in [-0.25, -0.2) is 0 Å². The molecular formula is C14H16N2O2. The van der Waals surface area contributed by atoms with Gasteiger partial charge in [0.1, 0.15) is 0 Å². The lowest BCUT2D eigenvalue weighted by Crippen LogP contribution is -2.31. The number of carbonyl (C=O) groups is 1. The first-order valence-electron chi connectivity index (χ1n) is 5.97. The molecule has 0 bridgehead atoms. The van der Waals surface area contributed by atoms with Gasteiger partial charge in [0, 0.05) is 19.3 Å². The Kier molecular flexibility index (Phi) is 3.63. The van der Waals surface area contributed by atoms with E-state index in [1.165, 1.54) is 0 Å². The van der Waals surface area contributed by atoms with Gasteiger partial charge in [-0.2, -0.15) is 5.26 Å². The molecular weight excluding hydrogens is 228 g/mol. The zero-order valence-corrected chi connectivity index (χ0v) is 10.6. The van der Waals surface area contributed by atoms with Crippen LogP contribution in [0.2, 0.25) is 0 Å². The quantitative estimate of drug-likeness (QED) is 0.813. The zero-order valence-electron chi connectivity index (χ0n) is 10.6. The summed E-state index contributed by atoms with van der Waals surface area (Å²) in [5.41, 5.74) is 3.00. The van der Waals surface area contributed by atoms with E-state index in [0.29, 0.717) is 13.2 Å². The number of nitrogens with zero attached hydrogens (tertiary/aromatic N) is 2. The van der Waals surface area contributed by atoms with Crippen molar-refractivity contribution in [3.63, 3.8) is 0 Å². The van der Waals surface area contributed by atoms with Crippen LogP contribution in [0.3, 0.4) is 0 Å². The molecule has 1 heterocycles. The molecule has 0 unspecified atom stereocenters. The molecule has 94 valence electrons. The molecule has 0 spiro atoms. The lowest BCUT2D eigenvalue weighted by Gasteiger charge is -2.17. The molecule has 1 aromatic rings. The van der Waals surface area contributed by atoms with Gasteiger partial charge in [-0.05, 0) is 18.6 Å². The molecule has 0 saturated heterocycles. The Morgan fingerprint density at radius 1 is 1.50 bits per heavy atom. The van der Waals surface area contributed by atoms with Crippen molar-refractivity contribution in [2.45, 2.75) is 19.3 Å². The van der Waals surface area contributed by atoms with Crippen LogP contribution in [0.25, 0.3) is 0 Å². The third kappa shape index (κ3) is 2.09. The van der Waals surface area contributed by atoms with Crippen LogP contribution in [-0.2, 0) is 9.53 Å². The van der Waals surface area contributed by atoms with Crippen molar-refractivity contribution in [2.75, 3.05) is 25.2 Å². The number of amides is 1. The lowest BCUT2D eigenvalue weighted by molar-refractivity contribution is -0.119. The minimum absolute atomic E-state index is 0.00852. The smallest absolute Gasteiger partial charge is 0.235 e. The highest BCUT2D eigenvalue weighted by atomic mass is 16.5. The van der Waals surface area contributed by atoms with E-state index in [1.54, 1.807) is 12.0 Å². The second kappa shape index (κ2) is 5.19. The van der Waals surface area contributed by atoms with E-state index in [4.69, 9.17) is 10.00 Å². The predicted molar refractivity (Wildman–Crippen MR) is 68.4 cm³/mol. The molecule has 1 aliphatic rings. The Morgan fingerprint density at radius 3 is 2.94 bits per heavy atom. The maximum Gasteiger partial charge on any atom is 0.235 e. The average Bonchev–Trinajstić information content (AvgIpc) is 2.61. The Morgan fingerprint density at radius 2 is 2.28 bits per heavy atom.